The largest absolute Gasteiger partial charge is 0.459 e. The van der Waals surface area contributed by atoms with Gasteiger partial charge in [-0.25, -0.2) is 0 Å². The summed E-state index contributed by atoms with van der Waals surface area (Å²) in [5.41, 5.74) is 2.18. The van der Waals surface area contributed by atoms with E-state index in [4.69, 9.17) is 9.15 Å². The molecule has 3 heteroatoms. The third kappa shape index (κ3) is 2.48. The van der Waals surface area contributed by atoms with Crippen molar-refractivity contribution in [2.45, 2.75) is 38.8 Å². The van der Waals surface area contributed by atoms with E-state index < -0.39 is 0 Å². The van der Waals surface area contributed by atoms with Crippen molar-refractivity contribution in [1.82, 2.24) is 5.32 Å². The van der Waals surface area contributed by atoms with Crippen molar-refractivity contribution < 1.29 is 9.15 Å². The number of hydrogen-bond donors (Lipinski definition) is 1. The van der Waals surface area contributed by atoms with Gasteiger partial charge in [-0.3, -0.25) is 0 Å². The molecule has 0 amide bonds. The fourth-order valence-corrected chi connectivity index (χ4v) is 3.01. The molecule has 0 saturated heterocycles. The molecule has 1 heterocycles. The maximum atomic E-state index is 6.13. The summed E-state index contributed by atoms with van der Waals surface area (Å²) in [6.07, 6.45) is 2.73. The van der Waals surface area contributed by atoms with E-state index in [1.165, 1.54) is 23.8 Å². The van der Waals surface area contributed by atoms with E-state index in [2.05, 4.69) is 43.4 Å². The van der Waals surface area contributed by atoms with Crippen molar-refractivity contribution in [3.05, 3.63) is 35.6 Å². The lowest BCUT2D eigenvalue weighted by molar-refractivity contribution is 0.0449. The minimum atomic E-state index is 0.143. The number of furan rings is 1. The molecule has 0 aliphatic heterocycles. The topological polar surface area (TPSA) is 34.4 Å². The molecule has 1 aliphatic carbocycles. The molecule has 1 fully saturated rings. The number of rotatable bonds is 6. The third-order valence-electron chi connectivity index (χ3n) is 4.18. The van der Waals surface area contributed by atoms with Gasteiger partial charge in [-0.1, -0.05) is 25.1 Å². The van der Waals surface area contributed by atoms with Crippen molar-refractivity contribution in [3.63, 3.8) is 0 Å². The van der Waals surface area contributed by atoms with Crippen LogP contribution in [0.15, 0.2) is 28.7 Å². The van der Waals surface area contributed by atoms with Gasteiger partial charge in [-0.05, 0) is 43.9 Å². The molecule has 108 valence electrons. The molecular weight excluding hydrogens is 250 g/mol. The first-order chi connectivity index (χ1) is 9.74. The minimum absolute atomic E-state index is 0.143. The average molecular weight is 273 g/mol. The smallest absolute Gasteiger partial charge is 0.137 e. The van der Waals surface area contributed by atoms with Gasteiger partial charge in [0.15, 0.2) is 0 Å². The van der Waals surface area contributed by atoms with E-state index in [1.807, 2.05) is 0 Å². The molecular formula is C17H23NO2. The molecule has 1 aromatic carbocycles. The van der Waals surface area contributed by atoms with Crippen LogP contribution in [0.3, 0.4) is 0 Å². The van der Waals surface area contributed by atoms with Gasteiger partial charge >= 0.3 is 0 Å². The van der Waals surface area contributed by atoms with Crippen LogP contribution in [0.25, 0.3) is 11.0 Å². The second kappa shape index (κ2) is 5.58. The van der Waals surface area contributed by atoms with Crippen LogP contribution in [0.2, 0.25) is 0 Å². The quantitative estimate of drug-likeness (QED) is 0.869. The molecule has 2 atom stereocenters. The maximum absolute atomic E-state index is 6.13. The molecule has 3 rings (SSSR count). The lowest BCUT2D eigenvalue weighted by Crippen LogP contribution is -2.34. The van der Waals surface area contributed by atoms with Crippen molar-refractivity contribution in [3.8, 4) is 0 Å². The van der Waals surface area contributed by atoms with Gasteiger partial charge in [0.25, 0.3) is 0 Å². The van der Waals surface area contributed by atoms with Gasteiger partial charge in [0.05, 0.1) is 12.1 Å². The van der Waals surface area contributed by atoms with E-state index in [0.29, 0.717) is 5.92 Å². The first kappa shape index (κ1) is 13.7. The van der Waals surface area contributed by atoms with Crippen molar-refractivity contribution in [1.29, 1.82) is 0 Å². The Labute approximate surface area is 120 Å². The number of hydrogen-bond acceptors (Lipinski definition) is 3. The average Bonchev–Trinajstić information content (AvgIpc) is 3.17. The predicted octanol–water partition coefficient (Wildman–Crippen LogP) is 3.82. The minimum Gasteiger partial charge on any atom is -0.459 e. The Balaban J connectivity index is 1.97. The monoisotopic (exact) mass is 273 g/mol. The zero-order chi connectivity index (χ0) is 14.1. The Hall–Kier alpha value is -1.32. The Kier molecular flexibility index (Phi) is 3.81. The lowest BCUT2D eigenvalue weighted by Gasteiger charge is -2.25. The van der Waals surface area contributed by atoms with E-state index in [1.54, 1.807) is 7.11 Å². The van der Waals surface area contributed by atoms with Crippen molar-refractivity contribution in [2.75, 3.05) is 13.7 Å². The van der Waals surface area contributed by atoms with Gasteiger partial charge in [0.1, 0.15) is 11.3 Å². The summed E-state index contributed by atoms with van der Waals surface area (Å²) in [5, 5.41) is 4.71. The van der Waals surface area contributed by atoms with Crippen LogP contribution in [0, 0.1) is 12.8 Å². The number of nitrogens with one attached hydrogen (secondary N) is 1. The number of benzene rings is 1. The number of ether oxygens (including phenoxy) is 1. The van der Waals surface area contributed by atoms with E-state index in [0.717, 1.165) is 17.9 Å². The molecule has 1 N–H and O–H groups in total. The molecule has 20 heavy (non-hydrogen) atoms. The van der Waals surface area contributed by atoms with Crippen LogP contribution in [-0.4, -0.2) is 19.8 Å². The zero-order valence-corrected chi connectivity index (χ0v) is 12.5. The highest BCUT2D eigenvalue weighted by Crippen LogP contribution is 2.40. The zero-order valence-electron chi connectivity index (χ0n) is 12.5. The number of aryl methyl sites for hydroxylation is 1. The van der Waals surface area contributed by atoms with Crippen molar-refractivity contribution in [2.24, 2.45) is 5.92 Å². The number of methoxy groups -OCH3 is 1. The fraction of sp³-hybridized carbons (Fsp3) is 0.529. The molecule has 2 unspecified atom stereocenters. The molecule has 1 saturated carbocycles. The van der Waals surface area contributed by atoms with Crippen LogP contribution in [0.1, 0.15) is 37.1 Å². The Morgan fingerprint density at radius 3 is 2.80 bits per heavy atom. The van der Waals surface area contributed by atoms with Crippen molar-refractivity contribution >= 4 is 11.0 Å². The van der Waals surface area contributed by atoms with Crippen LogP contribution in [0.4, 0.5) is 0 Å². The number of likely N-dealkylation sites (N-methyl/N-ethyl adjacent to an activating group) is 1. The molecule has 0 spiro atoms. The van der Waals surface area contributed by atoms with Crippen LogP contribution in [0.5, 0.6) is 0 Å². The summed E-state index contributed by atoms with van der Waals surface area (Å²) in [4.78, 5) is 0. The summed E-state index contributed by atoms with van der Waals surface area (Å²) in [6.45, 7) is 5.13. The van der Waals surface area contributed by atoms with Gasteiger partial charge < -0.3 is 14.5 Å². The Morgan fingerprint density at radius 2 is 2.20 bits per heavy atom. The summed E-state index contributed by atoms with van der Waals surface area (Å²) < 4.78 is 11.9. The molecule has 1 aromatic heterocycles. The van der Waals surface area contributed by atoms with E-state index in [-0.39, 0.29) is 12.1 Å². The van der Waals surface area contributed by atoms with Crippen LogP contribution in [-0.2, 0) is 4.74 Å². The predicted molar refractivity (Wildman–Crippen MR) is 80.9 cm³/mol. The second-order valence-corrected chi connectivity index (χ2v) is 5.72. The SMILES string of the molecule is CCNC(c1cc2cccc(C)c2o1)C(OC)C1CC1. The molecule has 0 radical (unpaired) electrons. The summed E-state index contributed by atoms with van der Waals surface area (Å²) in [5.74, 6) is 1.66. The van der Waals surface area contributed by atoms with Gasteiger partial charge in [0, 0.05) is 12.5 Å². The van der Waals surface area contributed by atoms with Gasteiger partial charge in [-0.15, -0.1) is 0 Å². The number of para-hydroxylation sites is 1. The molecule has 0 bridgehead atoms. The van der Waals surface area contributed by atoms with Gasteiger partial charge in [0.2, 0.25) is 0 Å². The van der Waals surface area contributed by atoms with E-state index >= 15 is 0 Å². The summed E-state index contributed by atoms with van der Waals surface area (Å²) in [7, 11) is 1.81. The Bertz CT molecular complexity index is 586. The highest BCUT2D eigenvalue weighted by atomic mass is 16.5. The summed E-state index contributed by atoms with van der Waals surface area (Å²) >= 11 is 0. The normalized spacial score (nSPS) is 18.4. The molecule has 3 nitrogen and oxygen atoms in total. The van der Waals surface area contributed by atoms with Crippen LogP contribution >= 0.6 is 0 Å². The standard InChI is InChI=1S/C17H23NO2/c1-4-18-15(17(19-3)12-8-9-12)14-10-13-7-5-6-11(2)16(13)20-14/h5-7,10,12,15,17-18H,4,8-9H2,1-3H3. The van der Waals surface area contributed by atoms with Crippen LogP contribution < -0.4 is 5.32 Å². The highest BCUT2D eigenvalue weighted by Gasteiger charge is 2.38. The first-order valence-corrected chi connectivity index (χ1v) is 7.49. The number of fused-ring (bicyclic) bond motifs is 1. The molecule has 1 aliphatic rings. The van der Waals surface area contributed by atoms with Gasteiger partial charge in [-0.2, -0.15) is 0 Å². The Morgan fingerprint density at radius 1 is 1.40 bits per heavy atom. The van der Waals surface area contributed by atoms with E-state index in [9.17, 15) is 0 Å². The maximum Gasteiger partial charge on any atom is 0.137 e. The summed E-state index contributed by atoms with van der Waals surface area (Å²) in [6, 6.07) is 8.58. The lowest BCUT2D eigenvalue weighted by atomic mass is 10.0. The third-order valence-corrected chi connectivity index (χ3v) is 4.18. The fourth-order valence-electron chi connectivity index (χ4n) is 3.01. The second-order valence-electron chi connectivity index (χ2n) is 5.72. The first-order valence-electron chi connectivity index (χ1n) is 7.49. The highest BCUT2D eigenvalue weighted by molar-refractivity contribution is 5.81. The molecule has 2 aromatic rings.